The van der Waals surface area contributed by atoms with Gasteiger partial charge in [0.05, 0.1) is 26.4 Å². The normalized spacial score (nSPS) is 9.69. The number of carbonyl (C=O) groups is 1. The molecule has 0 aliphatic heterocycles. The first kappa shape index (κ1) is 12.2. The lowest BCUT2D eigenvalue weighted by Gasteiger charge is -2.05. The van der Waals surface area contributed by atoms with Crippen LogP contribution in [0.1, 0.15) is 0 Å². The molecule has 0 atom stereocenters. The van der Waals surface area contributed by atoms with Gasteiger partial charge in [-0.05, 0) is 0 Å². The Morgan fingerprint density at radius 1 is 1.15 bits per heavy atom. The molecule has 0 aromatic rings. The molecule has 0 saturated heterocycles. The van der Waals surface area contributed by atoms with Crippen molar-refractivity contribution >= 4 is 6.09 Å². The summed E-state index contributed by atoms with van der Waals surface area (Å²) in [5.41, 5.74) is 0. The second kappa shape index (κ2) is 9.24. The molecule has 0 aromatic heterocycles. The molecule has 0 saturated carbocycles. The third-order valence-corrected chi connectivity index (χ3v) is 1.08. The van der Waals surface area contributed by atoms with Crippen molar-refractivity contribution in [2.24, 2.45) is 0 Å². The molecule has 0 aliphatic carbocycles. The molecule has 0 spiro atoms. The predicted octanol–water partition coefficient (Wildman–Crippen LogP) is -1.29. The summed E-state index contributed by atoms with van der Waals surface area (Å²) in [7, 11) is 0. The SMILES string of the molecule is O=C(NCCOCCO)OCCO. The van der Waals surface area contributed by atoms with Gasteiger partial charge in [0.25, 0.3) is 0 Å². The number of ether oxygens (including phenoxy) is 2. The van der Waals surface area contributed by atoms with E-state index in [1.165, 1.54) is 0 Å². The first-order chi connectivity index (χ1) is 6.31. The number of alkyl carbamates (subject to hydrolysis) is 1. The quantitative estimate of drug-likeness (QED) is 0.438. The topological polar surface area (TPSA) is 88.0 Å². The van der Waals surface area contributed by atoms with Crippen molar-refractivity contribution in [3.8, 4) is 0 Å². The van der Waals surface area contributed by atoms with Crippen molar-refractivity contribution in [1.29, 1.82) is 0 Å². The van der Waals surface area contributed by atoms with Gasteiger partial charge in [-0.3, -0.25) is 0 Å². The molecule has 0 aliphatic rings. The first-order valence-corrected chi connectivity index (χ1v) is 4.01. The molecule has 0 radical (unpaired) electrons. The van der Waals surface area contributed by atoms with Crippen LogP contribution in [0.3, 0.4) is 0 Å². The van der Waals surface area contributed by atoms with Gasteiger partial charge in [-0.25, -0.2) is 4.79 Å². The fraction of sp³-hybridized carbons (Fsp3) is 0.857. The summed E-state index contributed by atoms with van der Waals surface area (Å²) < 4.78 is 9.36. The Hall–Kier alpha value is -0.850. The van der Waals surface area contributed by atoms with E-state index in [2.05, 4.69) is 10.1 Å². The van der Waals surface area contributed by atoms with Crippen molar-refractivity contribution in [1.82, 2.24) is 5.32 Å². The third-order valence-electron chi connectivity index (χ3n) is 1.08. The Morgan fingerprint density at radius 3 is 2.46 bits per heavy atom. The monoisotopic (exact) mass is 193 g/mol. The second-order valence-electron chi connectivity index (χ2n) is 2.12. The van der Waals surface area contributed by atoms with E-state index in [9.17, 15) is 4.79 Å². The Balaban J connectivity index is 3.08. The number of aliphatic hydroxyl groups excluding tert-OH is 2. The lowest BCUT2D eigenvalue weighted by molar-refractivity contribution is 0.0881. The fourth-order valence-corrected chi connectivity index (χ4v) is 0.581. The van der Waals surface area contributed by atoms with Gasteiger partial charge in [-0.2, -0.15) is 0 Å². The summed E-state index contributed by atoms with van der Waals surface area (Å²) in [6.07, 6.45) is -0.582. The van der Waals surface area contributed by atoms with Crippen molar-refractivity contribution < 1.29 is 24.5 Å². The number of nitrogens with one attached hydrogen (secondary N) is 1. The van der Waals surface area contributed by atoms with E-state index < -0.39 is 6.09 Å². The third kappa shape index (κ3) is 9.06. The van der Waals surface area contributed by atoms with Crippen LogP contribution in [-0.2, 0) is 9.47 Å². The second-order valence-corrected chi connectivity index (χ2v) is 2.12. The molecule has 0 heterocycles. The summed E-state index contributed by atoms with van der Waals surface area (Å²) in [6, 6.07) is 0. The average molecular weight is 193 g/mol. The van der Waals surface area contributed by atoms with Crippen LogP contribution >= 0.6 is 0 Å². The van der Waals surface area contributed by atoms with E-state index in [1.54, 1.807) is 0 Å². The van der Waals surface area contributed by atoms with Crippen LogP contribution in [0.4, 0.5) is 4.79 Å². The number of aliphatic hydroxyl groups is 2. The minimum absolute atomic E-state index is 0.0106. The van der Waals surface area contributed by atoms with Crippen molar-refractivity contribution in [3.63, 3.8) is 0 Å². The molecular weight excluding hydrogens is 178 g/mol. The Labute approximate surface area is 76.5 Å². The molecule has 13 heavy (non-hydrogen) atoms. The molecule has 3 N–H and O–H groups in total. The molecule has 0 bridgehead atoms. The van der Waals surface area contributed by atoms with Crippen LogP contribution in [0.25, 0.3) is 0 Å². The van der Waals surface area contributed by atoms with E-state index in [4.69, 9.17) is 14.9 Å². The number of rotatable bonds is 7. The van der Waals surface area contributed by atoms with Gasteiger partial charge in [-0.15, -0.1) is 0 Å². The maximum absolute atomic E-state index is 10.7. The molecule has 78 valence electrons. The summed E-state index contributed by atoms with van der Waals surface area (Å²) in [6.45, 7) is 0.680. The van der Waals surface area contributed by atoms with Crippen LogP contribution in [-0.4, -0.2) is 55.9 Å². The number of carbonyl (C=O) groups excluding carboxylic acids is 1. The van der Waals surface area contributed by atoms with E-state index in [1.807, 2.05) is 0 Å². The smallest absolute Gasteiger partial charge is 0.407 e. The van der Waals surface area contributed by atoms with Crippen molar-refractivity contribution in [2.75, 3.05) is 39.6 Å². The molecule has 6 nitrogen and oxygen atoms in total. The standard InChI is InChI=1S/C7H15NO5/c9-2-5-12-4-1-8-7(11)13-6-3-10/h9-10H,1-6H2,(H,8,11). The Morgan fingerprint density at radius 2 is 1.85 bits per heavy atom. The maximum Gasteiger partial charge on any atom is 0.407 e. The molecule has 0 rings (SSSR count). The maximum atomic E-state index is 10.7. The van der Waals surface area contributed by atoms with Gasteiger partial charge in [0.2, 0.25) is 0 Å². The van der Waals surface area contributed by atoms with Gasteiger partial charge >= 0.3 is 6.09 Å². The average Bonchev–Trinajstić information content (AvgIpc) is 2.14. The summed E-state index contributed by atoms with van der Waals surface area (Å²) >= 11 is 0. The molecule has 6 heteroatoms. The van der Waals surface area contributed by atoms with E-state index in [0.717, 1.165) is 0 Å². The van der Waals surface area contributed by atoms with Gasteiger partial charge in [0.1, 0.15) is 6.61 Å². The lowest BCUT2D eigenvalue weighted by atomic mass is 10.6. The molecule has 0 fully saturated rings. The van der Waals surface area contributed by atoms with Gasteiger partial charge < -0.3 is 25.0 Å². The summed E-state index contributed by atoms with van der Waals surface area (Å²) in [5, 5.41) is 19.0. The Bertz CT molecular complexity index is 130. The lowest BCUT2D eigenvalue weighted by Crippen LogP contribution is -2.28. The highest BCUT2D eigenvalue weighted by molar-refractivity contribution is 5.66. The highest BCUT2D eigenvalue weighted by atomic mass is 16.6. The van der Waals surface area contributed by atoms with E-state index in [0.29, 0.717) is 13.2 Å². The van der Waals surface area contributed by atoms with Crippen LogP contribution < -0.4 is 5.32 Å². The predicted molar refractivity (Wildman–Crippen MR) is 44.3 cm³/mol. The number of hydrogen-bond acceptors (Lipinski definition) is 5. The minimum atomic E-state index is -0.582. The highest BCUT2D eigenvalue weighted by Crippen LogP contribution is 1.77. The van der Waals surface area contributed by atoms with E-state index in [-0.39, 0.29) is 26.4 Å². The zero-order valence-electron chi connectivity index (χ0n) is 7.36. The largest absolute Gasteiger partial charge is 0.447 e. The minimum Gasteiger partial charge on any atom is -0.447 e. The number of amides is 1. The van der Waals surface area contributed by atoms with Gasteiger partial charge in [0, 0.05) is 6.54 Å². The summed E-state index contributed by atoms with van der Waals surface area (Å²) in [5.74, 6) is 0. The summed E-state index contributed by atoms with van der Waals surface area (Å²) in [4.78, 5) is 10.7. The van der Waals surface area contributed by atoms with Crippen LogP contribution in [0.15, 0.2) is 0 Å². The number of hydrogen-bond donors (Lipinski definition) is 3. The molecular formula is C7H15NO5. The van der Waals surface area contributed by atoms with Crippen LogP contribution in [0.2, 0.25) is 0 Å². The van der Waals surface area contributed by atoms with Crippen molar-refractivity contribution in [2.45, 2.75) is 0 Å². The van der Waals surface area contributed by atoms with Crippen LogP contribution in [0, 0.1) is 0 Å². The molecule has 0 unspecified atom stereocenters. The first-order valence-electron chi connectivity index (χ1n) is 4.01. The van der Waals surface area contributed by atoms with Crippen LogP contribution in [0.5, 0.6) is 0 Å². The molecule has 1 amide bonds. The zero-order valence-corrected chi connectivity index (χ0v) is 7.36. The van der Waals surface area contributed by atoms with Crippen molar-refractivity contribution in [3.05, 3.63) is 0 Å². The fourth-order valence-electron chi connectivity index (χ4n) is 0.581. The van der Waals surface area contributed by atoms with E-state index >= 15 is 0 Å². The highest BCUT2D eigenvalue weighted by Gasteiger charge is 1.98. The molecule has 0 aromatic carbocycles. The van der Waals surface area contributed by atoms with Gasteiger partial charge in [0.15, 0.2) is 0 Å². The van der Waals surface area contributed by atoms with Gasteiger partial charge in [-0.1, -0.05) is 0 Å². The Kier molecular flexibility index (Phi) is 8.64. The zero-order chi connectivity index (χ0) is 9.94.